The van der Waals surface area contributed by atoms with Crippen LogP contribution in [0.5, 0.6) is 11.5 Å². The highest BCUT2D eigenvalue weighted by Gasteiger charge is 2.40. The number of nitrogens with one attached hydrogen (secondary N) is 4. The van der Waals surface area contributed by atoms with Crippen LogP contribution in [0.2, 0.25) is 12.1 Å². The molecular formula is C48H68N10O10Si2. The number of urea groups is 2. The average Bonchev–Trinajstić information content (AvgIpc) is 4.01. The van der Waals surface area contributed by atoms with E-state index in [9.17, 15) is 19.8 Å². The highest BCUT2D eigenvalue weighted by molar-refractivity contribution is 6.61. The van der Waals surface area contributed by atoms with E-state index in [-0.39, 0.29) is 49.7 Å². The summed E-state index contributed by atoms with van der Waals surface area (Å²) in [5, 5.41) is 56.2. The van der Waals surface area contributed by atoms with E-state index < -0.39 is 17.6 Å². The topological polar surface area (TPSA) is 240 Å². The fourth-order valence-electron chi connectivity index (χ4n) is 8.36. The maximum atomic E-state index is 12.7. The normalized spacial score (nSPS) is 11.9. The Hall–Kier alpha value is -5.99. The molecule has 4 aromatic carbocycles. The van der Waals surface area contributed by atoms with E-state index in [4.69, 9.17) is 26.6 Å². The van der Waals surface area contributed by atoms with Crippen molar-refractivity contribution in [3.63, 3.8) is 0 Å². The molecule has 0 fully saturated rings. The van der Waals surface area contributed by atoms with E-state index in [1.807, 2.05) is 102 Å². The summed E-state index contributed by atoms with van der Waals surface area (Å²) in [6.45, 7) is 15.8. The number of rotatable bonds is 29. The van der Waals surface area contributed by atoms with Crippen LogP contribution < -0.4 is 21.3 Å². The van der Waals surface area contributed by atoms with Gasteiger partial charge in [-0.3, -0.25) is 0 Å². The Morgan fingerprint density at radius 1 is 0.543 bits per heavy atom. The Morgan fingerprint density at radius 3 is 1.26 bits per heavy atom. The van der Waals surface area contributed by atoms with Crippen molar-refractivity contribution < 1.29 is 46.4 Å². The molecule has 0 spiro atoms. The number of carbonyl (C=O) groups excluding carboxylic acids is 2. The number of phenolic OH excluding ortho intramolecular Hbond substituents is 2. The average molecular weight is 1000 g/mol. The Labute approximate surface area is 411 Å². The van der Waals surface area contributed by atoms with Gasteiger partial charge in [0.15, 0.2) is 0 Å². The second kappa shape index (κ2) is 26.3. The number of hydrogen-bond donors (Lipinski definition) is 6. The molecule has 6 aromatic rings. The van der Waals surface area contributed by atoms with Crippen molar-refractivity contribution in [2.45, 2.75) is 92.7 Å². The smallest absolute Gasteiger partial charge is 0.500 e. The molecule has 0 aliphatic carbocycles. The molecule has 6 N–H and O–H groups in total. The zero-order valence-electron chi connectivity index (χ0n) is 41.1. The summed E-state index contributed by atoms with van der Waals surface area (Å²) < 4.78 is 38.7. The van der Waals surface area contributed by atoms with E-state index in [1.165, 1.54) is 0 Å². The van der Waals surface area contributed by atoms with Gasteiger partial charge >= 0.3 is 29.7 Å². The number of benzene rings is 4. The second-order valence-corrected chi connectivity index (χ2v) is 21.6. The van der Waals surface area contributed by atoms with E-state index in [1.54, 1.807) is 21.8 Å². The lowest BCUT2D eigenvalue weighted by Crippen LogP contribution is -2.46. The maximum Gasteiger partial charge on any atom is 0.500 e. The van der Waals surface area contributed by atoms with Gasteiger partial charge in [-0.05, 0) is 88.1 Å². The lowest BCUT2D eigenvalue weighted by molar-refractivity contribution is 0.0700. The zero-order valence-corrected chi connectivity index (χ0v) is 43.1. The summed E-state index contributed by atoms with van der Waals surface area (Å²) in [5.41, 5.74) is 3.06. The molecule has 0 saturated carbocycles. The van der Waals surface area contributed by atoms with Crippen LogP contribution in [0.15, 0.2) is 73.1 Å². The van der Waals surface area contributed by atoms with Gasteiger partial charge in [0.2, 0.25) is 0 Å². The Kier molecular flexibility index (Phi) is 20.0. The number of carbonyl (C=O) groups is 2. The number of hydrogen-bond acceptors (Lipinski definition) is 14. The van der Waals surface area contributed by atoms with Crippen molar-refractivity contribution in [2.75, 3.05) is 52.7 Å². The summed E-state index contributed by atoms with van der Waals surface area (Å²) in [4.78, 5) is 25.4. The van der Waals surface area contributed by atoms with Crippen molar-refractivity contribution in [3.8, 4) is 22.6 Å². The minimum Gasteiger partial charge on any atom is -0.507 e. The molecule has 22 heteroatoms. The molecule has 70 heavy (non-hydrogen) atoms. The summed E-state index contributed by atoms with van der Waals surface area (Å²) in [6.07, 6.45) is 4.68. The first-order valence-electron chi connectivity index (χ1n) is 24.1. The van der Waals surface area contributed by atoms with Crippen molar-refractivity contribution in [2.24, 2.45) is 0 Å². The van der Waals surface area contributed by atoms with Crippen LogP contribution >= 0.6 is 0 Å². The SMILES string of the molecule is CCO[Si](CCCNC(=O)NCc1cn(Cc2cc3ccccc3c(-c3c(O)c(Cn4cc(CNC(=O)NCCC[Si](OCC)(OCC)OCC)nn4)cc4ccccc34)c2O)nn1)(OCC)OCC. The van der Waals surface area contributed by atoms with Gasteiger partial charge in [-0.2, -0.15) is 0 Å². The highest BCUT2D eigenvalue weighted by Crippen LogP contribution is 2.47. The molecule has 0 unspecified atom stereocenters. The first kappa shape index (κ1) is 53.4. The van der Waals surface area contributed by atoms with E-state index >= 15 is 0 Å². The zero-order chi connectivity index (χ0) is 49.9. The minimum atomic E-state index is -2.80. The third kappa shape index (κ3) is 14.1. The number of amides is 4. The number of fused-ring (bicyclic) bond motifs is 2. The molecule has 0 bridgehead atoms. The molecule has 0 aliphatic rings. The molecule has 0 aliphatic heterocycles. The van der Waals surface area contributed by atoms with Crippen molar-refractivity contribution in [3.05, 3.63) is 95.6 Å². The Morgan fingerprint density at radius 2 is 0.900 bits per heavy atom. The quantitative estimate of drug-likeness (QED) is 0.0209. The molecule has 2 heterocycles. The fourth-order valence-corrected chi connectivity index (χ4v) is 13.6. The Bertz CT molecular complexity index is 2420. The molecule has 378 valence electrons. The van der Waals surface area contributed by atoms with Gasteiger partial charge < -0.3 is 58.0 Å². The predicted octanol–water partition coefficient (Wildman–Crippen LogP) is 6.83. The van der Waals surface area contributed by atoms with E-state index in [0.717, 1.165) is 21.5 Å². The number of nitrogens with zero attached hydrogens (tertiary/aromatic N) is 6. The highest BCUT2D eigenvalue weighted by atomic mass is 28.4. The van der Waals surface area contributed by atoms with Gasteiger partial charge in [0.25, 0.3) is 0 Å². The molecule has 0 atom stereocenters. The number of aromatic nitrogens is 6. The molecule has 2 aromatic heterocycles. The summed E-state index contributed by atoms with van der Waals surface area (Å²) in [5.74, 6) is -0.0507. The van der Waals surface area contributed by atoms with Crippen LogP contribution in [0.4, 0.5) is 9.59 Å². The standard InChI is InChI=1S/C48H68N10O10Si2/c1-7-63-69(64-8-2,65-9-3)25-17-23-49-47(61)51-29-39-33-57(55-53-39)31-37-27-35-19-13-15-21-41(35)43(45(37)59)44-42-22-16-14-20-36(42)28-38(46(44)60)32-58-34-40(54-56-58)30-52-48(62)50-24-18-26-70(66-10-4,67-11-5)68-12-6/h13-16,19-22,27-28,33-34,59-60H,7-12,17-18,23-26,29-32H2,1-6H3,(H2,49,51,61)(H2,50,52,62). The third-order valence-corrected chi connectivity index (χ3v) is 17.5. The molecule has 6 rings (SSSR count). The molecule has 20 nitrogen and oxygen atoms in total. The number of phenols is 2. The third-order valence-electron chi connectivity index (χ3n) is 11.2. The van der Waals surface area contributed by atoms with Crippen molar-refractivity contribution in [1.82, 2.24) is 51.3 Å². The van der Waals surface area contributed by atoms with Crippen LogP contribution in [-0.4, -0.2) is 123 Å². The predicted molar refractivity (Wildman–Crippen MR) is 269 cm³/mol. The largest absolute Gasteiger partial charge is 0.507 e. The van der Waals surface area contributed by atoms with Gasteiger partial charge in [0.05, 0.1) is 38.6 Å². The van der Waals surface area contributed by atoms with Crippen LogP contribution in [0.3, 0.4) is 0 Å². The fraction of sp³-hybridized carbons (Fsp3) is 0.458. The van der Waals surface area contributed by atoms with E-state index in [2.05, 4.69) is 41.9 Å². The van der Waals surface area contributed by atoms with Gasteiger partial charge in [-0.15, -0.1) is 10.2 Å². The lowest BCUT2D eigenvalue weighted by Gasteiger charge is -2.28. The van der Waals surface area contributed by atoms with Crippen LogP contribution in [-0.2, 0) is 52.7 Å². The first-order valence-corrected chi connectivity index (χ1v) is 28.0. The summed E-state index contributed by atoms with van der Waals surface area (Å²) >= 11 is 0. The molecular weight excluding hydrogens is 933 g/mol. The molecule has 0 saturated heterocycles. The minimum absolute atomic E-state index is 0.0254. The molecule has 4 amide bonds. The Balaban J connectivity index is 1.12. The molecule has 0 radical (unpaired) electrons. The first-order chi connectivity index (χ1) is 34.0. The number of aromatic hydroxyl groups is 2. The van der Waals surface area contributed by atoms with Crippen LogP contribution in [0, 0.1) is 0 Å². The lowest BCUT2D eigenvalue weighted by atomic mass is 9.88. The van der Waals surface area contributed by atoms with Crippen molar-refractivity contribution >= 4 is 51.2 Å². The van der Waals surface area contributed by atoms with E-state index in [0.29, 0.717) is 111 Å². The van der Waals surface area contributed by atoms with Gasteiger partial charge in [-0.1, -0.05) is 59.0 Å². The van der Waals surface area contributed by atoms with Crippen molar-refractivity contribution in [1.29, 1.82) is 0 Å². The summed E-state index contributed by atoms with van der Waals surface area (Å²) in [6, 6.07) is 19.6. The maximum absolute atomic E-state index is 12.7. The monoisotopic (exact) mass is 1000 g/mol. The van der Waals surface area contributed by atoms with Crippen LogP contribution in [0.1, 0.15) is 76.9 Å². The second-order valence-electron chi connectivity index (χ2n) is 16.2. The summed E-state index contributed by atoms with van der Waals surface area (Å²) in [7, 11) is -5.61. The van der Waals surface area contributed by atoms with Gasteiger partial charge in [-0.25, -0.2) is 19.0 Å². The van der Waals surface area contributed by atoms with Gasteiger partial charge in [0, 0.05) is 87.1 Å². The van der Waals surface area contributed by atoms with Crippen LogP contribution in [0.25, 0.3) is 32.7 Å². The van der Waals surface area contributed by atoms with Gasteiger partial charge in [0.1, 0.15) is 22.9 Å².